The Balaban J connectivity index is 1.69. The van der Waals surface area contributed by atoms with Crippen LogP contribution in [-0.4, -0.2) is 71.4 Å². The van der Waals surface area contributed by atoms with E-state index in [0.29, 0.717) is 32.1 Å². The van der Waals surface area contributed by atoms with Gasteiger partial charge in [0.2, 0.25) is 0 Å². The molecule has 0 aromatic heterocycles. The Morgan fingerprint density at radius 2 is 1.47 bits per heavy atom. The van der Waals surface area contributed by atoms with Gasteiger partial charge in [-0.3, -0.25) is 4.79 Å². The second-order valence-electron chi connectivity index (χ2n) is 8.91. The molecular formula is C20H35N3O7. The number of hydrogen-bond donors (Lipinski definition) is 6. The lowest BCUT2D eigenvalue weighted by atomic mass is 9.86. The highest BCUT2D eigenvalue weighted by molar-refractivity contribution is 5.75. The minimum atomic E-state index is -0.879. The monoisotopic (exact) mass is 429 g/mol. The summed E-state index contributed by atoms with van der Waals surface area (Å²) in [6, 6.07) is -0.472. The molecule has 10 heteroatoms. The van der Waals surface area contributed by atoms with Crippen molar-refractivity contribution < 1.29 is 34.4 Å². The number of aliphatic carboxylic acids is 1. The van der Waals surface area contributed by atoms with Gasteiger partial charge in [0.15, 0.2) is 0 Å². The van der Waals surface area contributed by atoms with Crippen molar-refractivity contribution in [1.82, 2.24) is 16.0 Å². The number of carbonyl (C=O) groups is 3. The zero-order valence-electron chi connectivity index (χ0n) is 17.6. The van der Waals surface area contributed by atoms with Gasteiger partial charge < -0.3 is 36.0 Å². The number of carboxylic acid groups (broad SMARTS) is 1. The summed E-state index contributed by atoms with van der Waals surface area (Å²) in [6.45, 7) is 0.943. The van der Waals surface area contributed by atoms with Gasteiger partial charge >= 0.3 is 18.1 Å². The number of hydrogen-bond acceptors (Lipinski definition) is 6. The molecule has 6 N–H and O–H groups in total. The van der Waals surface area contributed by atoms with Gasteiger partial charge in [-0.05, 0) is 51.4 Å². The Hall–Kier alpha value is -2.07. The minimum Gasteiger partial charge on any atom is -0.481 e. The predicted octanol–water partition coefficient (Wildman–Crippen LogP) is 0.957. The first kappa shape index (κ1) is 24.2. The number of carbonyl (C=O) groups excluding carboxylic acids is 2. The molecule has 0 radical (unpaired) electrons. The van der Waals surface area contributed by atoms with Crippen LogP contribution in [0.2, 0.25) is 0 Å². The van der Waals surface area contributed by atoms with Crippen LogP contribution in [0.25, 0.3) is 0 Å². The molecule has 0 spiro atoms. The van der Waals surface area contributed by atoms with Crippen LogP contribution in [0.1, 0.15) is 58.3 Å². The van der Waals surface area contributed by atoms with Crippen molar-refractivity contribution in [2.75, 3.05) is 19.8 Å². The summed E-state index contributed by atoms with van der Waals surface area (Å²) in [6.07, 6.45) is 4.90. The fourth-order valence-electron chi connectivity index (χ4n) is 3.94. The van der Waals surface area contributed by atoms with Crippen LogP contribution in [-0.2, 0) is 9.53 Å². The predicted molar refractivity (Wildman–Crippen MR) is 108 cm³/mol. The number of aliphatic hydroxyl groups excluding tert-OH is 2. The molecule has 2 atom stereocenters. The lowest BCUT2D eigenvalue weighted by molar-refractivity contribution is -0.142. The van der Waals surface area contributed by atoms with Crippen molar-refractivity contribution in [1.29, 1.82) is 0 Å². The van der Waals surface area contributed by atoms with Crippen molar-refractivity contribution in [2.24, 2.45) is 11.3 Å². The van der Waals surface area contributed by atoms with Gasteiger partial charge in [-0.1, -0.05) is 6.92 Å². The normalized spacial score (nSPS) is 27.0. The molecule has 2 fully saturated rings. The highest BCUT2D eigenvalue weighted by Gasteiger charge is 2.29. The van der Waals surface area contributed by atoms with Crippen molar-refractivity contribution in [3.63, 3.8) is 0 Å². The molecule has 2 rings (SSSR count). The summed E-state index contributed by atoms with van der Waals surface area (Å²) >= 11 is 0. The van der Waals surface area contributed by atoms with Crippen LogP contribution in [0.3, 0.4) is 0 Å². The Labute approximate surface area is 176 Å². The van der Waals surface area contributed by atoms with E-state index >= 15 is 0 Å². The van der Waals surface area contributed by atoms with Gasteiger partial charge in [-0.15, -0.1) is 0 Å². The van der Waals surface area contributed by atoms with Crippen molar-refractivity contribution in [3.8, 4) is 0 Å². The zero-order valence-corrected chi connectivity index (χ0v) is 17.6. The topological polar surface area (TPSA) is 157 Å². The molecular weight excluding hydrogens is 394 g/mol. The number of aliphatic hydroxyl groups is 2. The van der Waals surface area contributed by atoms with E-state index in [1.807, 2.05) is 0 Å². The fourth-order valence-corrected chi connectivity index (χ4v) is 3.94. The molecule has 30 heavy (non-hydrogen) atoms. The first-order valence-electron chi connectivity index (χ1n) is 10.7. The molecule has 0 heterocycles. The average Bonchev–Trinajstić information content (AvgIpc) is 2.72. The lowest BCUT2D eigenvalue weighted by Crippen LogP contribution is -2.51. The SMILES string of the molecule is CC(CO)(CO)COC(=O)NC1CCCC(NC(=O)NC2CCC(C(=O)O)CC2)C1. The zero-order chi connectivity index (χ0) is 22.1. The molecule has 3 amide bonds. The van der Waals surface area contributed by atoms with E-state index in [1.165, 1.54) is 0 Å². The Bertz CT molecular complexity index is 589. The summed E-state index contributed by atoms with van der Waals surface area (Å²) in [5.74, 6) is -1.09. The maximum absolute atomic E-state index is 12.3. The second kappa shape index (κ2) is 11.4. The average molecular weight is 430 g/mol. The number of carboxylic acids is 1. The summed E-state index contributed by atoms with van der Waals surface area (Å²) < 4.78 is 5.12. The third-order valence-corrected chi connectivity index (χ3v) is 6.06. The summed E-state index contributed by atoms with van der Waals surface area (Å²) in [7, 11) is 0. The van der Waals surface area contributed by atoms with Gasteiger partial charge in [-0.25, -0.2) is 9.59 Å². The Morgan fingerprint density at radius 1 is 0.900 bits per heavy atom. The molecule has 0 saturated heterocycles. The van der Waals surface area contributed by atoms with E-state index in [1.54, 1.807) is 6.92 Å². The number of ether oxygens (including phenoxy) is 1. The molecule has 0 bridgehead atoms. The van der Waals surface area contributed by atoms with Gasteiger partial charge in [-0.2, -0.15) is 0 Å². The van der Waals surface area contributed by atoms with E-state index in [-0.39, 0.29) is 49.9 Å². The largest absolute Gasteiger partial charge is 0.481 e. The molecule has 2 saturated carbocycles. The van der Waals surface area contributed by atoms with Gasteiger partial charge in [0.1, 0.15) is 6.61 Å². The second-order valence-corrected chi connectivity index (χ2v) is 8.91. The molecule has 2 unspecified atom stereocenters. The molecule has 0 aromatic rings. The minimum absolute atomic E-state index is 0.0135. The van der Waals surface area contributed by atoms with Crippen LogP contribution in [0, 0.1) is 11.3 Å². The van der Waals surface area contributed by atoms with Crippen molar-refractivity contribution in [3.05, 3.63) is 0 Å². The number of rotatable bonds is 8. The lowest BCUT2D eigenvalue weighted by Gasteiger charge is -2.32. The molecule has 2 aliphatic rings. The van der Waals surface area contributed by atoms with Crippen LogP contribution < -0.4 is 16.0 Å². The number of nitrogens with one attached hydrogen (secondary N) is 3. The van der Waals surface area contributed by atoms with E-state index in [9.17, 15) is 24.6 Å². The van der Waals surface area contributed by atoms with Crippen LogP contribution in [0.5, 0.6) is 0 Å². The van der Waals surface area contributed by atoms with Crippen molar-refractivity contribution >= 4 is 18.1 Å². The van der Waals surface area contributed by atoms with Crippen LogP contribution >= 0.6 is 0 Å². The Morgan fingerprint density at radius 3 is 2.03 bits per heavy atom. The maximum atomic E-state index is 12.3. The molecule has 0 aliphatic heterocycles. The van der Waals surface area contributed by atoms with Crippen molar-refractivity contribution in [2.45, 2.75) is 76.4 Å². The summed E-state index contributed by atoms with van der Waals surface area (Å²) in [4.78, 5) is 35.3. The number of urea groups is 1. The third kappa shape index (κ3) is 7.64. The number of alkyl carbamates (subject to hydrolysis) is 1. The standard InChI is InChI=1S/C20H35N3O7/c1-20(10-24,11-25)12-30-19(29)23-16-4-2-3-15(9-16)22-18(28)21-14-7-5-13(6-8-14)17(26)27/h13-16,24-25H,2-12H2,1H3,(H,23,29)(H,26,27)(H2,21,22,28). The first-order valence-corrected chi connectivity index (χ1v) is 10.7. The summed E-state index contributed by atoms with van der Waals surface area (Å²) in [5.41, 5.74) is -0.879. The first-order chi connectivity index (χ1) is 14.2. The van der Waals surface area contributed by atoms with Gasteiger partial charge in [0, 0.05) is 23.5 Å². The van der Waals surface area contributed by atoms with E-state index in [0.717, 1.165) is 19.3 Å². The molecule has 10 nitrogen and oxygen atoms in total. The fraction of sp³-hybridized carbons (Fsp3) is 0.850. The quantitative estimate of drug-likeness (QED) is 0.335. The Kier molecular flexibility index (Phi) is 9.16. The highest BCUT2D eigenvalue weighted by atomic mass is 16.5. The van der Waals surface area contributed by atoms with E-state index < -0.39 is 17.5 Å². The highest BCUT2D eigenvalue weighted by Crippen LogP contribution is 2.24. The maximum Gasteiger partial charge on any atom is 0.407 e. The summed E-state index contributed by atoms with van der Waals surface area (Å²) in [5, 5.41) is 36.2. The molecule has 172 valence electrons. The van der Waals surface area contributed by atoms with Gasteiger partial charge in [0.05, 0.1) is 19.1 Å². The van der Waals surface area contributed by atoms with Crippen LogP contribution in [0.15, 0.2) is 0 Å². The smallest absolute Gasteiger partial charge is 0.407 e. The third-order valence-electron chi connectivity index (χ3n) is 6.06. The molecule has 2 aliphatic carbocycles. The van der Waals surface area contributed by atoms with E-state index in [2.05, 4.69) is 16.0 Å². The van der Waals surface area contributed by atoms with Crippen LogP contribution in [0.4, 0.5) is 9.59 Å². The number of amides is 3. The van der Waals surface area contributed by atoms with Gasteiger partial charge in [0.25, 0.3) is 0 Å². The molecule has 0 aromatic carbocycles. The van der Waals surface area contributed by atoms with E-state index in [4.69, 9.17) is 9.84 Å².